The molecule has 0 fully saturated rings. The van der Waals surface area contributed by atoms with E-state index < -0.39 is 12.0 Å². The van der Waals surface area contributed by atoms with Crippen molar-refractivity contribution >= 4 is 28.8 Å². The Balaban J connectivity index is 2.59. The minimum atomic E-state index is -0.819. The highest BCUT2D eigenvalue weighted by Gasteiger charge is 2.21. The van der Waals surface area contributed by atoms with Crippen LogP contribution in [-0.2, 0) is 14.3 Å². The van der Waals surface area contributed by atoms with Crippen LogP contribution in [0.4, 0.5) is 0 Å². The SMILES string of the molecule is COC(=O)C(CSC(=O)c1ccccc1)NC(C)=O. The van der Waals surface area contributed by atoms with E-state index in [1.807, 2.05) is 6.07 Å². The molecule has 1 aromatic rings. The Labute approximate surface area is 115 Å². The second-order valence-electron chi connectivity index (χ2n) is 3.74. The van der Waals surface area contributed by atoms with Crippen LogP contribution in [0.1, 0.15) is 17.3 Å². The zero-order valence-electron chi connectivity index (χ0n) is 10.7. The Bertz CT molecular complexity index is 461. The van der Waals surface area contributed by atoms with Crippen molar-refractivity contribution in [1.29, 1.82) is 0 Å². The average Bonchev–Trinajstić information content (AvgIpc) is 2.42. The van der Waals surface area contributed by atoms with Crippen LogP contribution in [0.2, 0.25) is 0 Å². The van der Waals surface area contributed by atoms with Crippen LogP contribution in [0.15, 0.2) is 30.3 Å². The Morgan fingerprint density at radius 3 is 2.42 bits per heavy atom. The summed E-state index contributed by atoms with van der Waals surface area (Å²) in [7, 11) is 1.24. The van der Waals surface area contributed by atoms with Gasteiger partial charge in [-0.2, -0.15) is 0 Å². The number of carbonyl (C=O) groups excluding carboxylic acids is 3. The number of benzene rings is 1. The van der Waals surface area contributed by atoms with E-state index in [-0.39, 0.29) is 16.8 Å². The van der Waals surface area contributed by atoms with Gasteiger partial charge in [-0.05, 0) is 0 Å². The van der Waals surface area contributed by atoms with Gasteiger partial charge in [0.1, 0.15) is 6.04 Å². The molecule has 0 aliphatic carbocycles. The van der Waals surface area contributed by atoms with Gasteiger partial charge in [0.2, 0.25) is 11.0 Å². The smallest absolute Gasteiger partial charge is 0.329 e. The van der Waals surface area contributed by atoms with Crippen LogP contribution in [0.5, 0.6) is 0 Å². The van der Waals surface area contributed by atoms with Crippen molar-refractivity contribution in [3.63, 3.8) is 0 Å². The molecule has 0 radical (unpaired) electrons. The zero-order valence-corrected chi connectivity index (χ0v) is 11.5. The van der Waals surface area contributed by atoms with Crippen molar-refractivity contribution < 1.29 is 19.1 Å². The summed E-state index contributed by atoms with van der Waals surface area (Å²) < 4.78 is 4.57. The molecule has 1 aromatic carbocycles. The summed E-state index contributed by atoms with van der Waals surface area (Å²) in [5.74, 6) is -0.772. The molecule has 19 heavy (non-hydrogen) atoms. The van der Waals surface area contributed by atoms with Gasteiger partial charge in [-0.15, -0.1) is 0 Å². The highest BCUT2D eigenvalue weighted by molar-refractivity contribution is 8.14. The Morgan fingerprint density at radius 2 is 1.89 bits per heavy atom. The molecule has 1 amide bonds. The molecule has 0 saturated carbocycles. The van der Waals surface area contributed by atoms with Crippen molar-refractivity contribution in [3.05, 3.63) is 35.9 Å². The lowest BCUT2D eigenvalue weighted by Crippen LogP contribution is -2.42. The third kappa shape index (κ3) is 5.13. The van der Waals surface area contributed by atoms with Gasteiger partial charge in [0.15, 0.2) is 0 Å². The topological polar surface area (TPSA) is 72.5 Å². The maximum atomic E-state index is 11.8. The van der Waals surface area contributed by atoms with Crippen LogP contribution in [0.3, 0.4) is 0 Å². The van der Waals surface area contributed by atoms with Gasteiger partial charge < -0.3 is 10.1 Å². The van der Waals surface area contributed by atoms with Gasteiger partial charge in [-0.1, -0.05) is 42.1 Å². The summed E-state index contributed by atoms with van der Waals surface area (Å²) >= 11 is 0.969. The molecular formula is C13H15NO4S. The molecule has 0 bridgehead atoms. The van der Waals surface area contributed by atoms with Crippen molar-refractivity contribution in [2.75, 3.05) is 12.9 Å². The van der Waals surface area contributed by atoms with Crippen LogP contribution in [-0.4, -0.2) is 35.9 Å². The fourth-order valence-electron chi connectivity index (χ4n) is 1.37. The normalized spacial score (nSPS) is 11.5. The molecule has 0 spiro atoms. The molecule has 1 unspecified atom stereocenters. The fourth-order valence-corrected chi connectivity index (χ4v) is 2.21. The van der Waals surface area contributed by atoms with E-state index in [0.717, 1.165) is 11.8 Å². The number of ether oxygens (including phenoxy) is 1. The average molecular weight is 281 g/mol. The molecule has 0 heterocycles. The monoisotopic (exact) mass is 281 g/mol. The molecule has 102 valence electrons. The third-order valence-corrected chi connectivity index (χ3v) is 3.25. The van der Waals surface area contributed by atoms with Crippen molar-refractivity contribution in [2.24, 2.45) is 0 Å². The maximum absolute atomic E-state index is 11.8. The minimum absolute atomic E-state index is 0.139. The van der Waals surface area contributed by atoms with Crippen molar-refractivity contribution in [3.8, 4) is 0 Å². The molecule has 0 saturated heterocycles. The molecule has 0 aromatic heterocycles. The van der Waals surface area contributed by atoms with E-state index in [2.05, 4.69) is 10.1 Å². The van der Waals surface area contributed by atoms with Crippen molar-refractivity contribution in [1.82, 2.24) is 5.32 Å². The summed E-state index contributed by atoms with van der Waals surface area (Å²) in [6.45, 7) is 1.31. The summed E-state index contributed by atoms with van der Waals surface area (Å²) in [6, 6.07) is 7.91. The van der Waals surface area contributed by atoms with E-state index >= 15 is 0 Å². The Kier molecular flexibility index (Phi) is 6.08. The first-order valence-corrected chi connectivity index (χ1v) is 6.60. The molecule has 0 aliphatic heterocycles. The summed E-state index contributed by atoms with van der Waals surface area (Å²) in [6.07, 6.45) is 0. The largest absolute Gasteiger partial charge is 0.467 e. The number of nitrogens with one attached hydrogen (secondary N) is 1. The number of thioether (sulfide) groups is 1. The lowest BCUT2D eigenvalue weighted by atomic mass is 10.2. The van der Waals surface area contributed by atoms with E-state index in [1.54, 1.807) is 24.3 Å². The van der Waals surface area contributed by atoms with Crippen LogP contribution >= 0.6 is 11.8 Å². The lowest BCUT2D eigenvalue weighted by Gasteiger charge is -2.14. The van der Waals surface area contributed by atoms with Gasteiger partial charge in [0.25, 0.3) is 0 Å². The molecule has 6 heteroatoms. The van der Waals surface area contributed by atoms with Gasteiger partial charge in [0.05, 0.1) is 7.11 Å². The number of esters is 1. The van der Waals surface area contributed by atoms with Crippen LogP contribution < -0.4 is 5.32 Å². The first-order valence-electron chi connectivity index (χ1n) is 5.61. The summed E-state index contributed by atoms with van der Waals surface area (Å²) in [5, 5.41) is 2.30. The Morgan fingerprint density at radius 1 is 1.26 bits per heavy atom. The highest BCUT2D eigenvalue weighted by atomic mass is 32.2. The van der Waals surface area contributed by atoms with Crippen LogP contribution in [0, 0.1) is 0 Å². The quantitative estimate of drug-likeness (QED) is 0.822. The fraction of sp³-hybridized carbons (Fsp3) is 0.308. The van der Waals surface area contributed by atoms with Crippen molar-refractivity contribution in [2.45, 2.75) is 13.0 Å². The predicted molar refractivity (Wildman–Crippen MR) is 72.9 cm³/mol. The molecule has 5 nitrogen and oxygen atoms in total. The maximum Gasteiger partial charge on any atom is 0.329 e. The van der Waals surface area contributed by atoms with E-state index in [0.29, 0.717) is 5.56 Å². The van der Waals surface area contributed by atoms with E-state index in [9.17, 15) is 14.4 Å². The van der Waals surface area contributed by atoms with Gasteiger partial charge in [-0.3, -0.25) is 9.59 Å². The number of hydrogen-bond donors (Lipinski definition) is 1. The second kappa shape index (κ2) is 7.58. The number of rotatable bonds is 5. The van der Waals surface area contributed by atoms with E-state index in [1.165, 1.54) is 14.0 Å². The highest BCUT2D eigenvalue weighted by Crippen LogP contribution is 2.13. The molecule has 1 atom stereocenters. The minimum Gasteiger partial charge on any atom is -0.467 e. The first-order chi connectivity index (χ1) is 9.04. The number of methoxy groups -OCH3 is 1. The van der Waals surface area contributed by atoms with Crippen LogP contribution in [0.25, 0.3) is 0 Å². The standard InChI is InChI=1S/C13H15NO4S/c1-9(15)14-11(12(16)18-2)8-19-13(17)10-6-4-3-5-7-10/h3-7,11H,8H2,1-2H3,(H,14,15). The number of carbonyl (C=O) groups is 3. The molecular weight excluding hydrogens is 266 g/mol. The first kappa shape index (κ1) is 15.2. The van der Waals surface area contributed by atoms with Gasteiger partial charge >= 0.3 is 5.97 Å². The Hall–Kier alpha value is -1.82. The summed E-state index contributed by atoms with van der Waals surface area (Å²) in [4.78, 5) is 34.3. The lowest BCUT2D eigenvalue weighted by molar-refractivity contribution is -0.144. The van der Waals surface area contributed by atoms with E-state index in [4.69, 9.17) is 0 Å². The zero-order chi connectivity index (χ0) is 14.3. The van der Waals surface area contributed by atoms with Gasteiger partial charge in [-0.25, -0.2) is 4.79 Å². The predicted octanol–water partition coefficient (Wildman–Crippen LogP) is 1.24. The third-order valence-electron chi connectivity index (χ3n) is 2.25. The number of hydrogen-bond acceptors (Lipinski definition) is 5. The van der Waals surface area contributed by atoms with Gasteiger partial charge in [0, 0.05) is 18.2 Å². The summed E-state index contributed by atoms with van der Waals surface area (Å²) in [5.41, 5.74) is 0.555. The second-order valence-corrected chi connectivity index (χ2v) is 4.73. The molecule has 1 N–H and O–H groups in total. The molecule has 0 aliphatic rings. The molecule has 1 rings (SSSR count). The number of amides is 1.